The Morgan fingerprint density at radius 1 is 1.11 bits per heavy atom. The van der Waals surface area contributed by atoms with Gasteiger partial charge in [-0.2, -0.15) is 0 Å². The molecule has 3 amide bonds. The van der Waals surface area contributed by atoms with E-state index in [1.807, 2.05) is 11.8 Å². The van der Waals surface area contributed by atoms with Crippen LogP contribution < -0.4 is 20.5 Å². The molecule has 9 heteroatoms. The lowest BCUT2D eigenvalue weighted by molar-refractivity contribution is -0.138. The summed E-state index contributed by atoms with van der Waals surface area (Å²) in [5.41, 5.74) is 8.71. The predicted octanol–water partition coefficient (Wildman–Crippen LogP) is 6.64. The third kappa shape index (κ3) is 8.91. The summed E-state index contributed by atoms with van der Waals surface area (Å²) in [7, 11) is 0. The van der Waals surface area contributed by atoms with E-state index >= 15 is 0 Å². The van der Waals surface area contributed by atoms with Crippen molar-refractivity contribution in [2.24, 2.45) is 17.6 Å². The van der Waals surface area contributed by atoms with Gasteiger partial charge in [-0.25, -0.2) is 4.79 Å². The van der Waals surface area contributed by atoms with Crippen molar-refractivity contribution in [1.82, 2.24) is 15.1 Å². The van der Waals surface area contributed by atoms with Crippen molar-refractivity contribution in [1.29, 1.82) is 0 Å². The molecule has 1 fully saturated rings. The first kappa shape index (κ1) is 35.9. The summed E-state index contributed by atoms with van der Waals surface area (Å²) >= 11 is 0. The molecule has 1 saturated heterocycles. The zero-order valence-electron chi connectivity index (χ0n) is 29.4. The number of carbonyl (C=O) groups excluding carboxylic acids is 3. The number of amides is 3. The van der Waals surface area contributed by atoms with Crippen molar-refractivity contribution in [3.8, 4) is 11.5 Å². The highest BCUT2D eigenvalue weighted by Gasteiger charge is 2.40. The summed E-state index contributed by atoms with van der Waals surface area (Å²) in [6.45, 7) is 18.3. The van der Waals surface area contributed by atoms with E-state index in [-0.39, 0.29) is 24.3 Å². The van der Waals surface area contributed by atoms with Gasteiger partial charge in [0.2, 0.25) is 5.91 Å². The lowest BCUT2D eigenvalue weighted by atomic mass is 9.79. The van der Waals surface area contributed by atoms with Gasteiger partial charge in [0.1, 0.15) is 17.1 Å². The van der Waals surface area contributed by atoms with Crippen molar-refractivity contribution < 1.29 is 23.9 Å². The van der Waals surface area contributed by atoms with Gasteiger partial charge in [-0.3, -0.25) is 19.8 Å². The molecule has 0 radical (unpaired) electrons. The molecule has 1 aromatic rings. The maximum absolute atomic E-state index is 13.7. The number of nitrogens with one attached hydrogen (secondary N) is 1. The lowest BCUT2D eigenvalue weighted by Gasteiger charge is -2.42. The van der Waals surface area contributed by atoms with Crippen LogP contribution in [-0.2, 0) is 9.59 Å². The summed E-state index contributed by atoms with van der Waals surface area (Å²) in [5, 5.41) is 2.18. The highest BCUT2D eigenvalue weighted by molar-refractivity contribution is 5.94. The Kier molecular flexibility index (Phi) is 12.3. The second-order valence-corrected chi connectivity index (χ2v) is 14.6. The molecule has 3 aliphatic rings. The summed E-state index contributed by atoms with van der Waals surface area (Å²) in [5.74, 6) is 1.04. The van der Waals surface area contributed by atoms with Gasteiger partial charge < -0.3 is 20.1 Å². The molecule has 0 aromatic heterocycles. The zero-order valence-corrected chi connectivity index (χ0v) is 29.4. The average Bonchev–Trinajstić information content (AvgIpc) is 2.99. The van der Waals surface area contributed by atoms with Crippen molar-refractivity contribution in [3.05, 3.63) is 28.8 Å². The van der Waals surface area contributed by atoms with E-state index in [1.54, 1.807) is 0 Å². The van der Waals surface area contributed by atoms with E-state index in [9.17, 15) is 14.4 Å². The van der Waals surface area contributed by atoms with E-state index in [0.717, 1.165) is 54.0 Å². The number of rotatable bonds is 13. The van der Waals surface area contributed by atoms with Crippen molar-refractivity contribution >= 4 is 23.5 Å². The van der Waals surface area contributed by atoms with Crippen LogP contribution in [0.4, 0.5) is 4.79 Å². The van der Waals surface area contributed by atoms with Crippen LogP contribution in [0.3, 0.4) is 0 Å². The number of nitrogens with two attached hydrogens (primary N) is 1. The SMILES string of the molecule is CCCCCC(C)C(C)c1cc(OC(=O)C(C)CCN2CCCCC2C)c2c(c1)OC(C)(C)C1=C2CN(CC(=O)NC(N)=O)CC1. The number of ether oxygens (including phenoxy) is 2. The molecule has 4 unspecified atom stereocenters. The Labute approximate surface area is 276 Å². The molecular weight excluding hydrogens is 580 g/mol. The molecule has 9 nitrogen and oxygen atoms in total. The van der Waals surface area contributed by atoms with Crippen molar-refractivity contribution in [3.63, 3.8) is 0 Å². The van der Waals surface area contributed by atoms with E-state index < -0.39 is 17.5 Å². The zero-order chi connectivity index (χ0) is 33.6. The van der Waals surface area contributed by atoms with Crippen molar-refractivity contribution in [2.45, 2.75) is 124 Å². The quantitative estimate of drug-likeness (QED) is 0.141. The topological polar surface area (TPSA) is 114 Å². The Hall–Kier alpha value is -2.91. The summed E-state index contributed by atoms with van der Waals surface area (Å²) < 4.78 is 13.1. The molecule has 0 spiro atoms. The number of esters is 1. The molecule has 4 atom stereocenters. The van der Waals surface area contributed by atoms with E-state index in [1.165, 1.54) is 38.5 Å². The Morgan fingerprint density at radius 2 is 1.87 bits per heavy atom. The number of nitrogens with zero attached hydrogens (tertiary/aromatic N) is 2. The third-order valence-corrected chi connectivity index (χ3v) is 10.6. The normalized spacial score (nSPS) is 21.8. The number of likely N-dealkylation sites (tertiary alicyclic amines) is 1. The van der Waals surface area contributed by atoms with Gasteiger partial charge in [-0.1, -0.05) is 59.8 Å². The number of hydrogen-bond acceptors (Lipinski definition) is 7. The Balaban J connectivity index is 1.66. The maximum Gasteiger partial charge on any atom is 0.318 e. The van der Waals surface area contributed by atoms with E-state index in [2.05, 4.69) is 63.9 Å². The summed E-state index contributed by atoms with van der Waals surface area (Å²) in [6, 6.07) is 3.89. The molecule has 46 heavy (non-hydrogen) atoms. The molecular formula is C37H58N4O5. The Morgan fingerprint density at radius 3 is 2.57 bits per heavy atom. The average molecular weight is 639 g/mol. The number of fused-ring (bicyclic) bond motifs is 2. The van der Waals surface area contributed by atoms with Gasteiger partial charge in [0.05, 0.1) is 18.0 Å². The smallest absolute Gasteiger partial charge is 0.318 e. The van der Waals surface area contributed by atoms with Gasteiger partial charge in [0, 0.05) is 19.1 Å². The van der Waals surface area contributed by atoms with Crippen LogP contribution in [0.2, 0.25) is 0 Å². The second-order valence-electron chi connectivity index (χ2n) is 14.6. The molecule has 0 aliphatic carbocycles. The first-order chi connectivity index (χ1) is 21.8. The first-order valence-corrected chi connectivity index (χ1v) is 17.7. The minimum atomic E-state index is -0.858. The number of unbranched alkanes of at least 4 members (excludes halogenated alkanes) is 2. The molecule has 3 heterocycles. The molecule has 256 valence electrons. The summed E-state index contributed by atoms with van der Waals surface area (Å²) in [4.78, 5) is 42.0. The second kappa shape index (κ2) is 15.8. The largest absolute Gasteiger partial charge is 0.483 e. The predicted molar refractivity (Wildman–Crippen MR) is 183 cm³/mol. The Bertz CT molecular complexity index is 1290. The lowest BCUT2D eigenvalue weighted by Crippen LogP contribution is -2.46. The van der Waals surface area contributed by atoms with Crippen LogP contribution in [-0.4, -0.2) is 72.1 Å². The molecule has 1 aromatic carbocycles. The van der Waals surface area contributed by atoms with Gasteiger partial charge >= 0.3 is 12.0 Å². The van der Waals surface area contributed by atoms with Crippen LogP contribution in [0, 0.1) is 11.8 Å². The third-order valence-electron chi connectivity index (χ3n) is 10.6. The van der Waals surface area contributed by atoms with Crippen LogP contribution in [0.15, 0.2) is 17.7 Å². The van der Waals surface area contributed by atoms with Crippen LogP contribution in [0.5, 0.6) is 11.5 Å². The molecule has 3 aliphatic heterocycles. The highest BCUT2D eigenvalue weighted by Crippen LogP contribution is 2.50. The number of benzene rings is 1. The van der Waals surface area contributed by atoms with Gasteiger partial charge in [-0.15, -0.1) is 0 Å². The minimum absolute atomic E-state index is 0.0435. The molecule has 0 saturated carbocycles. The fourth-order valence-corrected chi connectivity index (χ4v) is 7.37. The summed E-state index contributed by atoms with van der Waals surface area (Å²) in [6.07, 6.45) is 9.88. The fourth-order valence-electron chi connectivity index (χ4n) is 7.37. The molecule has 0 bridgehead atoms. The van der Waals surface area contributed by atoms with E-state index in [0.29, 0.717) is 37.2 Å². The van der Waals surface area contributed by atoms with Crippen molar-refractivity contribution in [2.75, 3.05) is 32.7 Å². The number of primary amides is 1. The number of hydrogen-bond donors (Lipinski definition) is 2. The highest BCUT2D eigenvalue weighted by atomic mass is 16.5. The fraction of sp³-hybridized carbons (Fsp3) is 0.703. The number of piperidine rings is 1. The van der Waals surface area contributed by atoms with Crippen LogP contribution in [0.1, 0.15) is 123 Å². The number of imide groups is 1. The van der Waals surface area contributed by atoms with Gasteiger partial charge in [-0.05, 0) is 100 Å². The van der Waals surface area contributed by atoms with Gasteiger partial charge in [0.25, 0.3) is 0 Å². The first-order valence-electron chi connectivity index (χ1n) is 17.7. The van der Waals surface area contributed by atoms with Gasteiger partial charge in [0.15, 0.2) is 0 Å². The van der Waals surface area contributed by atoms with Crippen LogP contribution >= 0.6 is 0 Å². The standard InChI is InChI=1S/C37H58N4O5/c1-8-9-10-13-24(2)27(5)28-20-31(45-35(43)25(3)15-19-41-17-12-11-14-26(41)4)34-29-22-40(23-33(42)39-36(38)44)18-16-30(29)37(6,7)46-32(34)21-28/h20-21,24-27H,8-19,22-23H2,1-7H3,(H3,38,39,42,44). The maximum atomic E-state index is 13.7. The number of urea groups is 1. The van der Waals surface area contributed by atoms with E-state index in [4.69, 9.17) is 15.2 Å². The monoisotopic (exact) mass is 638 g/mol. The molecule has 4 rings (SSSR count). The number of carbonyl (C=O) groups is 3. The molecule has 3 N–H and O–H groups in total. The van der Waals surface area contributed by atoms with Crippen LogP contribution in [0.25, 0.3) is 5.57 Å². The minimum Gasteiger partial charge on any atom is -0.483 e.